The Morgan fingerprint density at radius 1 is 1.38 bits per heavy atom. The predicted octanol–water partition coefficient (Wildman–Crippen LogP) is 2.26. The molecule has 1 unspecified atom stereocenters. The molecule has 1 rings (SSSR count). The normalized spacial score (nSPS) is 14.8. The molecular weight excluding hydrogens is 212 g/mol. The van der Waals surface area contributed by atoms with Gasteiger partial charge in [-0.25, -0.2) is 8.78 Å². The van der Waals surface area contributed by atoms with E-state index in [2.05, 4.69) is 0 Å². The van der Waals surface area contributed by atoms with Gasteiger partial charge in [-0.3, -0.25) is 0 Å². The van der Waals surface area contributed by atoms with Gasteiger partial charge in [-0.1, -0.05) is 6.92 Å². The van der Waals surface area contributed by atoms with Crippen molar-refractivity contribution in [3.05, 3.63) is 35.4 Å². The van der Waals surface area contributed by atoms with E-state index in [4.69, 9.17) is 10.5 Å². The molecule has 1 aromatic rings. The fraction of sp³-hybridized carbons (Fsp3) is 0.500. The number of rotatable bonds is 5. The zero-order valence-corrected chi connectivity index (χ0v) is 9.59. The number of benzene rings is 1. The van der Waals surface area contributed by atoms with Crippen molar-refractivity contribution in [1.29, 1.82) is 0 Å². The Kier molecular flexibility index (Phi) is 4.38. The van der Waals surface area contributed by atoms with Gasteiger partial charge >= 0.3 is 0 Å². The summed E-state index contributed by atoms with van der Waals surface area (Å²) in [6, 6.07) is 3.40. The second kappa shape index (κ2) is 5.37. The standard InChI is InChI=1S/C12H17F2NO/c1-3-12(15,8-16-2)7-9-6-10(13)4-5-11(9)14/h4-6H,3,7-8,15H2,1-2H3. The van der Waals surface area contributed by atoms with E-state index in [0.717, 1.165) is 12.1 Å². The van der Waals surface area contributed by atoms with Crippen molar-refractivity contribution in [1.82, 2.24) is 0 Å². The summed E-state index contributed by atoms with van der Waals surface area (Å²) in [6.45, 7) is 2.22. The van der Waals surface area contributed by atoms with Crippen molar-refractivity contribution < 1.29 is 13.5 Å². The Balaban J connectivity index is 2.89. The number of halogens is 2. The van der Waals surface area contributed by atoms with Gasteiger partial charge in [0, 0.05) is 12.6 Å². The molecule has 0 aromatic heterocycles. The molecule has 0 bridgehead atoms. The van der Waals surface area contributed by atoms with E-state index in [1.54, 1.807) is 7.11 Å². The molecule has 0 saturated heterocycles. The number of hydrogen-bond donors (Lipinski definition) is 1. The number of nitrogens with two attached hydrogens (primary N) is 1. The third-order valence-electron chi connectivity index (χ3n) is 2.69. The molecule has 0 amide bonds. The average molecular weight is 229 g/mol. The Bertz CT molecular complexity index is 357. The van der Waals surface area contributed by atoms with Crippen molar-refractivity contribution in [3.63, 3.8) is 0 Å². The van der Waals surface area contributed by atoms with E-state index in [-0.39, 0.29) is 6.42 Å². The summed E-state index contributed by atoms with van der Waals surface area (Å²) in [5.74, 6) is -0.881. The van der Waals surface area contributed by atoms with Gasteiger partial charge in [0.15, 0.2) is 0 Å². The van der Waals surface area contributed by atoms with Gasteiger partial charge in [0.05, 0.1) is 6.61 Å². The lowest BCUT2D eigenvalue weighted by Crippen LogP contribution is -2.46. The molecule has 0 radical (unpaired) electrons. The fourth-order valence-electron chi connectivity index (χ4n) is 1.62. The van der Waals surface area contributed by atoms with Crippen LogP contribution < -0.4 is 5.73 Å². The van der Waals surface area contributed by atoms with Crippen LogP contribution in [0, 0.1) is 11.6 Å². The molecule has 4 heteroatoms. The number of methoxy groups -OCH3 is 1. The van der Waals surface area contributed by atoms with E-state index < -0.39 is 17.2 Å². The van der Waals surface area contributed by atoms with Crippen LogP contribution >= 0.6 is 0 Å². The summed E-state index contributed by atoms with van der Waals surface area (Å²) in [5.41, 5.74) is 5.69. The van der Waals surface area contributed by atoms with E-state index in [1.165, 1.54) is 6.07 Å². The molecular formula is C12H17F2NO. The SMILES string of the molecule is CCC(N)(COC)Cc1cc(F)ccc1F. The van der Waals surface area contributed by atoms with Crippen molar-refractivity contribution in [2.75, 3.05) is 13.7 Å². The molecule has 1 atom stereocenters. The molecule has 0 fully saturated rings. The summed E-state index contributed by atoms with van der Waals surface area (Å²) in [5, 5.41) is 0. The van der Waals surface area contributed by atoms with Gasteiger partial charge in [0.1, 0.15) is 11.6 Å². The highest BCUT2D eigenvalue weighted by Crippen LogP contribution is 2.18. The van der Waals surface area contributed by atoms with Gasteiger partial charge in [-0.05, 0) is 36.6 Å². The topological polar surface area (TPSA) is 35.2 Å². The van der Waals surface area contributed by atoms with E-state index in [9.17, 15) is 8.78 Å². The van der Waals surface area contributed by atoms with E-state index in [0.29, 0.717) is 18.6 Å². The van der Waals surface area contributed by atoms with Crippen LogP contribution in [0.5, 0.6) is 0 Å². The van der Waals surface area contributed by atoms with E-state index >= 15 is 0 Å². The Labute approximate surface area is 94.4 Å². The van der Waals surface area contributed by atoms with Crippen LogP contribution in [0.15, 0.2) is 18.2 Å². The first-order chi connectivity index (χ1) is 7.50. The fourth-order valence-corrected chi connectivity index (χ4v) is 1.62. The maximum Gasteiger partial charge on any atom is 0.126 e. The number of hydrogen-bond acceptors (Lipinski definition) is 2. The zero-order valence-electron chi connectivity index (χ0n) is 9.59. The summed E-state index contributed by atoms with van der Waals surface area (Å²) in [6.07, 6.45) is 0.901. The van der Waals surface area contributed by atoms with Gasteiger partial charge in [-0.15, -0.1) is 0 Å². The minimum atomic E-state index is -0.649. The third kappa shape index (κ3) is 3.25. The second-order valence-electron chi connectivity index (χ2n) is 4.06. The molecule has 0 saturated carbocycles. The van der Waals surface area contributed by atoms with E-state index in [1.807, 2.05) is 6.92 Å². The first-order valence-electron chi connectivity index (χ1n) is 5.22. The predicted molar refractivity (Wildman–Crippen MR) is 59.1 cm³/mol. The quantitative estimate of drug-likeness (QED) is 0.840. The molecule has 2 nitrogen and oxygen atoms in total. The van der Waals surface area contributed by atoms with Gasteiger partial charge in [0.25, 0.3) is 0 Å². The lowest BCUT2D eigenvalue weighted by Gasteiger charge is -2.27. The van der Waals surface area contributed by atoms with Crippen LogP contribution in [0.4, 0.5) is 8.78 Å². The lowest BCUT2D eigenvalue weighted by molar-refractivity contribution is 0.128. The first kappa shape index (κ1) is 13.1. The van der Waals surface area contributed by atoms with Crippen molar-refractivity contribution in [2.45, 2.75) is 25.3 Å². The van der Waals surface area contributed by atoms with Crippen molar-refractivity contribution >= 4 is 0 Å². The van der Waals surface area contributed by atoms with Gasteiger partial charge in [-0.2, -0.15) is 0 Å². The zero-order chi connectivity index (χ0) is 12.2. The largest absolute Gasteiger partial charge is 0.383 e. The summed E-state index contributed by atoms with van der Waals surface area (Å²) >= 11 is 0. The third-order valence-corrected chi connectivity index (χ3v) is 2.69. The summed E-state index contributed by atoms with van der Waals surface area (Å²) in [7, 11) is 1.54. The molecule has 0 aliphatic rings. The molecule has 0 spiro atoms. The second-order valence-corrected chi connectivity index (χ2v) is 4.06. The highest BCUT2D eigenvalue weighted by molar-refractivity contribution is 5.21. The molecule has 0 aliphatic carbocycles. The summed E-state index contributed by atoms with van der Waals surface area (Å²) in [4.78, 5) is 0. The Morgan fingerprint density at radius 2 is 2.06 bits per heavy atom. The smallest absolute Gasteiger partial charge is 0.126 e. The van der Waals surface area contributed by atoms with Crippen LogP contribution in [0.1, 0.15) is 18.9 Å². The lowest BCUT2D eigenvalue weighted by atomic mass is 9.90. The molecule has 16 heavy (non-hydrogen) atoms. The van der Waals surface area contributed by atoms with Gasteiger partial charge < -0.3 is 10.5 Å². The van der Waals surface area contributed by atoms with Crippen LogP contribution in [0.3, 0.4) is 0 Å². The maximum absolute atomic E-state index is 13.4. The van der Waals surface area contributed by atoms with Crippen LogP contribution in [0.2, 0.25) is 0 Å². The average Bonchev–Trinajstić information content (AvgIpc) is 2.24. The highest BCUT2D eigenvalue weighted by Gasteiger charge is 2.24. The molecule has 1 aromatic carbocycles. The molecule has 90 valence electrons. The van der Waals surface area contributed by atoms with Crippen LogP contribution in [-0.4, -0.2) is 19.3 Å². The Morgan fingerprint density at radius 3 is 2.62 bits per heavy atom. The highest BCUT2D eigenvalue weighted by atomic mass is 19.1. The van der Waals surface area contributed by atoms with Crippen LogP contribution in [-0.2, 0) is 11.2 Å². The molecule has 2 N–H and O–H groups in total. The molecule has 0 aliphatic heterocycles. The minimum Gasteiger partial charge on any atom is -0.383 e. The maximum atomic E-state index is 13.4. The minimum absolute atomic E-state index is 0.265. The van der Waals surface area contributed by atoms with Crippen molar-refractivity contribution in [3.8, 4) is 0 Å². The Hall–Kier alpha value is -1.00. The van der Waals surface area contributed by atoms with Crippen molar-refractivity contribution in [2.24, 2.45) is 5.73 Å². The van der Waals surface area contributed by atoms with Crippen LogP contribution in [0.25, 0.3) is 0 Å². The number of ether oxygens (including phenoxy) is 1. The monoisotopic (exact) mass is 229 g/mol. The molecule has 0 heterocycles. The first-order valence-corrected chi connectivity index (χ1v) is 5.22. The van der Waals surface area contributed by atoms with Gasteiger partial charge in [0.2, 0.25) is 0 Å². The summed E-state index contributed by atoms with van der Waals surface area (Å²) < 4.78 is 31.4.